The molecule has 0 aliphatic carbocycles. The van der Waals surface area contributed by atoms with Crippen LogP contribution in [0.3, 0.4) is 0 Å². The molecule has 1 aromatic heterocycles. The predicted molar refractivity (Wildman–Crippen MR) is 159 cm³/mol. The summed E-state index contributed by atoms with van der Waals surface area (Å²) in [5, 5.41) is 7.84. The Hall–Kier alpha value is -4.10. The maximum atomic E-state index is 2.37. The molecule has 1 nitrogen and oxygen atoms in total. The summed E-state index contributed by atoms with van der Waals surface area (Å²) in [6.07, 6.45) is 4.50. The van der Waals surface area contributed by atoms with Gasteiger partial charge in [-0.15, -0.1) is 0 Å². The second-order valence-electron chi connectivity index (χ2n) is 8.87. The van der Waals surface area contributed by atoms with Gasteiger partial charge in [-0.3, -0.25) is 0 Å². The molecule has 0 N–H and O–H groups in total. The summed E-state index contributed by atoms with van der Waals surface area (Å²) in [7, 11) is 0. The summed E-state index contributed by atoms with van der Waals surface area (Å²) in [4.78, 5) is 0. The molecule has 1 heteroatoms. The summed E-state index contributed by atoms with van der Waals surface area (Å²) in [5.74, 6) is 0. The lowest BCUT2D eigenvalue weighted by atomic mass is 9.91. The Labute approximate surface area is 213 Å². The molecule has 0 radical (unpaired) electrons. The number of nitrogens with zero attached hydrogens (tertiary/aromatic N) is 1. The quantitative estimate of drug-likeness (QED) is 0.240. The molecule has 6 aromatic rings. The van der Waals surface area contributed by atoms with Gasteiger partial charge in [0.2, 0.25) is 0 Å². The largest absolute Gasteiger partial charge is 0.309 e. The molecule has 1 heterocycles. The normalized spacial score (nSPS) is 12.4. The second-order valence-corrected chi connectivity index (χ2v) is 8.87. The molecule has 0 fully saturated rings. The molecule has 6 rings (SSSR count). The summed E-state index contributed by atoms with van der Waals surface area (Å²) >= 11 is 0. The van der Waals surface area contributed by atoms with Crippen LogP contribution in [0.25, 0.3) is 61.5 Å². The number of hydrogen-bond acceptors (Lipinski definition) is 0. The molecule has 0 atom stereocenters. The van der Waals surface area contributed by atoms with Crippen molar-refractivity contribution in [2.45, 2.75) is 34.6 Å². The maximum absolute atomic E-state index is 2.37. The fraction of sp³-hybridized carbons (Fsp3) is 0.143. The fourth-order valence-electron chi connectivity index (χ4n) is 5.62. The van der Waals surface area contributed by atoms with Crippen molar-refractivity contribution in [1.29, 1.82) is 0 Å². The Morgan fingerprint density at radius 1 is 0.528 bits per heavy atom. The molecule has 0 aliphatic rings. The predicted octanol–water partition coefficient (Wildman–Crippen LogP) is 8.54. The van der Waals surface area contributed by atoms with Gasteiger partial charge in [-0.1, -0.05) is 98.8 Å². The summed E-state index contributed by atoms with van der Waals surface area (Å²) < 4.78 is 2.37. The van der Waals surface area contributed by atoms with Crippen LogP contribution in [0, 0.1) is 6.92 Å². The van der Waals surface area contributed by atoms with Gasteiger partial charge >= 0.3 is 0 Å². The molecule has 178 valence electrons. The molecule has 0 bridgehead atoms. The first-order chi connectivity index (χ1) is 17.7. The Balaban J connectivity index is 0.00000130. The van der Waals surface area contributed by atoms with E-state index in [4.69, 9.17) is 0 Å². The summed E-state index contributed by atoms with van der Waals surface area (Å²) in [6, 6.07) is 35.2. The summed E-state index contributed by atoms with van der Waals surface area (Å²) in [6.45, 7) is 10.5. The van der Waals surface area contributed by atoms with E-state index in [9.17, 15) is 0 Å². The van der Waals surface area contributed by atoms with Crippen LogP contribution in [-0.4, -0.2) is 4.57 Å². The molecule has 0 aliphatic heterocycles. The van der Waals surface area contributed by atoms with Crippen LogP contribution in [0.15, 0.2) is 97.1 Å². The van der Waals surface area contributed by atoms with Crippen molar-refractivity contribution in [2.75, 3.05) is 0 Å². The number of hydrogen-bond donors (Lipinski definition) is 0. The minimum atomic E-state index is 1.18. The number of rotatable bonds is 2. The van der Waals surface area contributed by atoms with Crippen molar-refractivity contribution in [3.05, 3.63) is 113 Å². The van der Waals surface area contributed by atoms with Crippen LogP contribution in [0.4, 0.5) is 0 Å². The van der Waals surface area contributed by atoms with Gasteiger partial charge in [-0.05, 0) is 82.9 Å². The first-order valence-corrected chi connectivity index (χ1v) is 13.0. The van der Waals surface area contributed by atoms with E-state index in [-0.39, 0.29) is 0 Å². The Bertz CT molecular complexity index is 1760. The molecule has 0 saturated heterocycles. The van der Waals surface area contributed by atoms with E-state index < -0.39 is 0 Å². The van der Waals surface area contributed by atoms with Crippen molar-refractivity contribution in [1.82, 2.24) is 4.57 Å². The first-order valence-electron chi connectivity index (χ1n) is 13.0. The summed E-state index contributed by atoms with van der Waals surface area (Å²) in [5.41, 5.74) is 7.56. The zero-order valence-corrected chi connectivity index (χ0v) is 21.8. The minimum absolute atomic E-state index is 1.18. The van der Waals surface area contributed by atoms with Gasteiger partial charge in [0.15, 0.2) is 0 Å². The van der Waals surface area contributed by atoms with Crippen LogP contribution in [-0.2, 0) is 0 Å². The lowest BCUT2D eigenvalue weighted by molar-refractivity contribution is 1.18. The van der Waals surface area contributed by atoms with E-state index in [1.54, 1.807) is 0 Å². The van der Waals surface area contributed by atoms with Gasteiger partial charge in [-0.25, -0.2) is 0 Å². The zero-order valence-electron chi connectivity index (χ0n) is 21.8. The Morgan fingerprint density at radius 3 is 1.53 bits per heavy atom. The van der Waals surface area contributed by atoms with E-state index in [2.05, 4.69) is 135 Å². The van der Waals surface area contributed by atoms with Gasteiger partial charge in [0.1, 0.15) is 0 Å². The van der Waals surface area contributed by atoms with Crippen molar-refractivity contribution in [3.8, 4) is 16.8 Å². The van der Waals surface area contributed by atoms with Crippen LogP contribution >= 0.6 is 0 Å². The smallest absolute Gasteiger partial charge is 0.0541 e. The van der Waals surface area contributed by atoms with Crippen LogP contribution < -0.4 is 10.4 Å². The molecule has 0 spiro atoms. The van der Waals surface area contributed by atoms with Gasteiger partial charge in [0.05, 0.1) is 11.0 Å². The van der Waals surface area contributed by atoms with Crippen molar-refractivity contribution < 1.29 is 0 Å². The Morgan fingerprint density at radius 2 is 1.00 bits per heavy atom. The standard InChI is InChI=1S/C33H27N.C2H6/c1-4-25-22(3)27-12-6-7-15-30(27)33(26(25)5-2)23-18-20-24(21-19-23)34-31-16-10-8-13-28(31)29-14-9-11-17-32(29)34;1-2/h4-21H,1-3H3;1-2H3/b25-4-,26-5+;. The van der Waals surface area contributed by atoms with Crippen LogP contribution in [0.1, 0.15) is 33.3 Å². The van der Waals surface area contributed by atoms with E-state index >= 15 is 0 Å². The SMILES string of the molecule is C/C=c1/c(C)c2ccccc2c(-c2ccc(-n3c4ccccc4c4ccccc43)cc2)/c1=C/C.CC. The van der Waals surface area contributed by atoms with Gasteiger partial charge in [0.25, 0.3) is 0 Å². The highest BCUT2D eigenvalue weighted by molar-refractivity contribution is 6.09. The van der Waals surface area contributed by atoms with Crippen molar-refractivity contribution in [2.24, 2.45) is 0 Å². The highest BCUT2D eigenvalue weighted by Crippen LogP contribution is 2.33. The number of fused-ring (bicyclic) bond motifs is 4. The fourth-order valence-corrected chi connectivity index (χ4v) is 5.62. The highest BCUT2D eigenvalue weighted by atomic mass is 15.0. The molecule has 5 aromatic carbocycles. The third-order valence-electron chi connectivity index (χ3n) is 7.14. The monoisotopic (exact) mass is 467 g/mol. The van der Waals surface area contributed by atoms with Crippen molar-refractivity contribution >= 4 is 44.7 Å². The van der Waals surface area contributed by atoms with Gasteiger partial charge in [-0.2, -0.15) is 0 Å². The van der Waals surface area contributed by atoms with Crippen molar-refractivity contribution in [3.63, 3.8) is 0 Å². The van der Waals surface area contributed by atoms with E-state index in [1.807, 2.05) is 13.8 Å². The average molecular weight is 468 g/mol. The lowest BCUT2D eigenvalue weighted by Gasteiger charge is -2.14. The maximum Gasteiger partial charge on any atom is 0.0541 e. The highest BCUT2D eigenvalue weighted by Gasteiger charge is 2.13. The second kappa shape index (κ2) is 9.87. The third-order valence-corrected chi connectivity index (χ3v) is 7.14. The minimum Gasteiger partial charge on any atom is -0.309 e. The van der Waals surface area contributed by atoms with E-state index in [0.717, 1.165) is 0 Å². The lowest BCUT2D eigenvalue weighted by Crippen LogP contribution is -2.29. The Kier molecular flexibility index (Phi) is 6.48. The molecule has 0 saturated carbocycles. The molecule has 36 heavy (non-hydrogen) atoms. The molecular formula is C35H33N. The van der Waals surface area contributed by atoms with E-state index in [1.165, 1.54) is 65.4 Å². The van der Waals surface area contributed by atoms with E-state index in [0.29, 0.717) is 0 Å². The number of benzene rings is 5. The third kappa shape index (κ3) is 3.63. The topological polar surface area (TPSA) is 4.93 Å². The average Bonchev–Trinajstić information content (AvgIpc) is 3.29. The van der Waals surface area contributed by atoms with Crippen LogP contribution in [0.5, 0.6) is 0 Å². The van der Waals surface area contributed by atoms with Gasteiger partial charge in [0, 0.05) is 16.5 Å². The number of aryl methyl sites for hydroxylation is 1. The molecule has 0 unspecified atom stereocenters. The first kappa shape index (κ1) is 23.6. The van der Waals surface area contributed by atoms with Crippen LogP contribution in [0.2, 0.25) is 0 Å². The zero-order chi connectivity index (χ0) is 25.2. The number of aromatic nitrogens is 1. The molecular weight excluding hydrogens is 434 g/mol. The van der Waals surface area contributed by atoms with Gasteiger partial charge < -0.3 is 4.57 Å². The molecule has 0 amide bonds. The number of para-hydroxylation sites is 2.